The molecule has 4 aromatic rings. The van der Waals surface area contributed by atoms with Crippen molar-refractivity contribution in [2.75, 3.05) is 24.9 Å². The van der Waals surface area contributed by atoms with Gasteiger partial charge in [0, 0.05) is 19.3 Å². The Labute approximate surface area is 192 Å². The van der Waals surface area contributed by atoms with Gasteiger partial charge in [-0.3, -0.25) is 9.48 Å². The summed E-state index contributed by atoms with van der Waals surface area (Å²) in [4.78, 5) is 20.4. The molecule has 0 radical (unpaired) electrons. The largest absolute Gasteiger partial charge is 0.494 e. The van der Waals surface area contributed by atoms with Gasteiger partial charge in [-0.2, -0.15) is 5.10 Å². The van der Waals surface area contributed by atoms with Crippen molar-refractivity contribution in [1.29, 1.82) is 0 Å². The normalized spacial score (nSPS) is 10.9. The number of aryl methyl sites for hydroxylation is 1. The van der Waals surface area contributed by atoms with Crippen LogP contribution in [-0.4, -0.2) is 44.4 Å². The van der Waals surface area contributed by atoms with Crippen LogP contribution in [0, 0.1) is 11.6 Å². The van der Waals surface area contributed by atoms with E-state index in [4.69, 9.17) is 9.47 Å². The molecule has 0 aliphatic heterocycles. The van der Waals surface area contributed by atoms with Gasteiger partial charge in [-0.1, -0.05) is 6.58 Å². The molecule has 4 rings (SSSR count). The molecular formula is C22H21F2N7O3. The zero-order valence-corrected chi connectivity index (χ0v) is 18.6. The van der Waals surface area contributed by atoms with E-state index >= 15 is 0 Å². The molecule has 0 bridgehead atoms. The van der Waals surface area contributed by atoms with Crippen molar-refractivity contribution in [3.63, 3.8) is 0 Å². The van der Waals surface area contributed by atoms with E-state index < -0.39 is 17.5 Å². The molecule has 0 fully saturated rings. The van der Waals surface area contributed by atoms with Crippen molar-refractivity contribution in [2.45, 2.75) is 6.54 Å². The number of rotatable bonds is 8. The smallest absolute Gasteiger partial charge is 0.247 e. The minimum Gasteiger partial charge on any atom is -0.494 e. The molecule has 0 aliphatic carbocycles. The third-order valence-corrected chi connectivity index (χ3v) is 5.01. The fourth-order valence-electron chi connectivity index (χ4n) is 3.38. The van der Waals surface area contributed by atoms with Gasteiger partial charge in [0.1, 0.15) is 5.69 Å². The van der Waals surface area contributed by atoms with E-state index in [0.717, 1.165) is 12.1 Å². The number of anilines is 3. The fraction of sp³-hybridized carbons (Fsp3) is 0.182. The maximum absolute atomic E-state index is 14.8. The SMILES string of the molecule is C=CC(=O)Nc1cn(C)nc1Nc1ncc2c(ccn2Cc2c(F)c(OC)cc(OC)c2F)n1. The zero-order valence-electron chi connectivity index (χ0n) is 18.6. The van der Waals surface area contributed by atoms with Crippen molar-refractivity contribution < 1.29 is 23.0 Å². The molecule has 1 amide bonds. The Morgan fingerprint density at radius 1 is 1.24 bits per heavy atom. The predicted molar refractivity (Wildman–Crippen MR) is 121 cm³/mol. The number of nitrogens with zero attached hydrogens (tertiary/aromatic N) is 5. The summed E-state index contributed by atoms with van der Waals surface area (Å²) in [6.45, 7) is 3.29. The van der Waals surface area contributed by atoms with Gasteiger partial charge >= 0.3 is 0 Å². The number of methoxy groups -OCH3 is 2. The average molecular weight is 469 g/mol. The van der Waals surface area contributed by atoms with E-state index in [2.05, 4.69) is 32.3 Å². The lowest BCUT2D eigenvalue weighted by molar-refractivity contribution is -0.111. The number of nitrogens with one attached hydrogen (secondary N) is 2. The van der Waals surface area contributed by atoms with E-state index in [0.29, 0.717) is 22.5 Å². The molecule has 176 valence electrons. The highest BCUT2D eigenvalue weighted by Gasteiger charge is 2.21. The van der Waals surface area contributed by atoms with Gasteiger partial charge in [-0.05, 0) is 12.1 Å². The van der Waals surface area contributed by atoms with Crippen LogP contribution in [0.1, 0.15) is 5.56 Å². The Kier molecular flexibility index (Phi) is 6.13. The summed E-state index contributed by atoms with van der Waals surface area (Å²) in [6, 6.07) is 2.85. The highest BCUT2D eigenvalue weighted by molar-refractivity contribution is 6.00. The number of ether oxygens (including phenoxy) is 2. The number of amides is 1. The minimum absolute atomic E-state index is 0.123. The van der Waals surface area contributed by atoms with E-state index in [1.807, 2.05) is 0 Å². The molecule has 0 unspecified atom stereocenters. The summed E-state index contributed by atoms with van der Waals surface area (Å²) >= 11 is 0. The van der Waals surface area contributed by atoms with Crippen molar-refractivity contribution in [3.05, 3.63) is 60.6 Å². The van der Waals surface area contributed by atoms with Gasteiger partial charge in [-0.25, -0.2) is 18.7 Å². The molecule has 0 saturated heterocycles. The summed E-state index contributed by atoms with van der Waals surface area (Å²) in [6.07, 6.45) is 5.92. The standard InChI is InChI=1S/C22H21F2N7O3/c1-5-18(32)26-14-11-30(2)29-21(14)28-22-25-9-15-13(27-22)6-7-31(15)10-12-19(23)16(33-3)8-17(34-4)20(12)24/h5-9,11H,1,10H2,2-4H3,(H,26,32)(H,25,27,28,29). The summed E-state index contributed by atoms with van der Waals surface area (Å²) in [5, 5.41) is 9.85. The Hall–Kier alpha value is -4.48. The van der Waals surface area contributed by atoms with Crippen LogP contribution in [0.15, 0.2) is 43.4 Å². The average Bonchev–Trinajstić information content (AvgIpc) is 3.38. The Morgan fingerprint density at radius 3 is 2.59 bits per heavy atom. The van der Waals surface area contributed by atoms with Gasteiger partial charge in [-0.15, -0.1) is 0 Å². The third-order valence-electron chi connectivity index (χ3n) is 5.01. The summed E-state index contributed by atoms with van der Waals surface area (Å²) < 4.78 is 42.7. The first-order valence-corrected chi connectivity index (χ1v) is 9.99. The van der Waals surface area contributed by atoms with Crippen LogP contribution in [-0.2, 0) is 18.4 Å². The van der Waals surface area contributed by atoms with E-state index in [9.17, 15) is 13.6 Å². The second-order valence-corrected chi connectivity index (χ2v) is 7.18. The van der Waals surface area contributed by atoms with E-state index in [1.54, 1.807) is 30.1 Å². The summed E-state index contributed by atoms with van der Waals surface area (Å²) in [5.74, 6) is -1.71. The molecule has 3 aromatic heterocycles. The number of aromatic nitrogens is 5. The first-order chi connectivity index (χ1) is 16.3. The van der Waals surface area contributed by atoms with Gasteiger partial charge in [0.25, 0.3) is 0 Å². The van der Waals surface area contributed by atoms with Crippen molar-refractivity contribution >= 4 is 34.4 Å². The second-order valence-electron chi connectivity index (χ2n) is 7.18. The predicted octanol–water partition coefficient (Wildman–Crippen LogP) is 3.38. The molecule has 12 heteroatoms. The van der Waals surface area contributed by atoms with Crippen LogP contribution in [0.4, 0.5) is 26.2 Å². The van der Waals surface area contributed by atoms with Crippen LogP contribution in [0.2, 0.25) is 0 Å². The van der Waals surface area contributed by atoms with Crippen LogP contribution in [0.25, 0.3) is 11.0 Å². The van der Waals surface area contributed by atoms with Crippen molar-refractivity contribution in [1.82, 2.24) is 24.3 Å². The second kappa shape index (κ2) is 9.17. The fourth-order valence-corrected chi connectivity index (χ4v) is 3.38. The van der Waals surface area contributed by atoms with Crippen LogP contribution in [0.5, 0.6) is 11.5 Å². The maximum atomic E-state index is 14.8. The van der Waals surface area contributed by atoms with Gasteiger partial charge in [0.2, 0.25) is 11.9 Å². The van der Waals surface area contributed by atoms with Crippen molar-refractivity contribution in [3.8, 4) is 11.5 Å². The minimum atomic E-state index is -0.814. The number of halogens is 2. The summed E-state index contributed by atoms with van der Waals surface area (Å²) in [5.41, 5.74) is 1.28. The van der Waals surface area contributed by atoms with Crippen LogP contribution < -0.4 is 20.1 Å². The zero-order chi connectivity index (χ0) is 24.4. The van der Waals surface area contributed by atoms with E-state index in [-0.39, 0.29) is 29.6 Å². The molecular weight excluding hydrogens is 448 g/mol. The lowest BCUT2D eigenvalue weighted by Gasteiger charge is -2.13. The van der Waals surface area contributed by atoms with Gasteiger partial charge in [0.15, 0.2) is 29.0 Å². The van der Waals surface area contributed by atoms with E-state index in [1.165, 1.54) is 25.1 Å². The highest BCUT2D eigenvalue weighted by Crippen LogP contribution is 2.32. The monoisotopic (exact) mass is 469 g/mol. The topological polar surface area (TPSA) is 108 Å². The Morgan fingerprint density at radius 2 is 1.94 bits per heavy atom. The van der Waals surface area contributed by atoms with Crippen LogP contribution >= 0.6 is 0 Å². The molecule has 0 atom stereocenters. The third kappa shape index (κ3) is 4.25. The molecule has 0 aliphatic rings. The van der Waals surface area contributed by atoms with Gasteiger partial charge < -0.3 is 24.7 Å². The molecule has 0 saturated carbocycles. The number of carbonyl (C=O) groups excluding carboxylic acids is 1. The van der Waals surface area contributed by atoms with Crippen molar-refractivity contribution in [2.24, 2.45) is 7.05 Å². The molecule has 2 N–H and O–H groups in total. The molecule has 3 heterocycles. The maximum Gasteiger partial charge on any atom is 0.247 e. The molecule has 0 spiro atoms. The number of hydrogen-bond acceptors (Lipinski definition) is 7. The molecule has 34 heavy (non-hydrogen) atoms. The highest BCUT2D eigenvalue weighted by atomic mass is 19.1. The first kappa shape index (κ1) is 22.7. The number of benzene rings is 1. The lowest BCUT2D eigenvalue weighted by atomic mass is 10.1. The molecule has 10 nitrogen and oxygen atoms in total. The number of hydrogen-bond donors (Lipinski definition) is 2. The Balaban J connectivity index is 1.64. The van der Waals surface area contributed by atoms with Gasteiger partial charge in [0.05, 0.1) is 49.8 Å². The molecule has 1 aromatic carbocycles. The first-order valence-electron chi connectivity index (χ1n) is 9.99. The summed E-state index contributed by atoms with van der Waals surface area (Å²) in [7, 11) is 4.29. The number of fused-ring (bicyclic) bond motifs is 1. The lowest BCUT2D eigenvalue weighted by Crippen LogP contribution is -2.09. The number of carbonyl (C=O) groups is 1. The quantitative estimate of drug-likeness (QED) is 0.381. The van der Waals surface area contributed by atoms with Crippen LogP contribution in [0.3, 0.4) is 0 Å². The Bertz CT molecular complexity index is 1370.